The average Bonchev–Trinajstić information content (AvgIpc) is 2.79. The van der Waals surface area contributed by atoms with E-state index in [4.69, 9.17) is 9.47 Å². The number of rotatable bonds is 8. The number of ether oxygens (including phenoxy) is 2. The van der Waals surface area contributed by atoms with E-state index in [-0.39, 0.29) is 24.3 Å². The number of piperidine rings is 1. The van der Waals surface area contributed by atoms with Crippen molar-refractivity contribution in [2.75, 3.05) is 31.6 Å². The lowest BCUT2D eigenvalue weighted by Crippen LogP contribution is -2.38. The molecule has 6 heteroatoms. The summed E-state index contributed by atoms with van der Waals surface area (Å²) in [5.74, 6) is 0.984. The van der Waals surface area contributed by atoms with Gasteiger partial charge in [0.1, 0.15) is 0 Å². The van der Waals surface area contributed by atoms with Crippen molar-refractivity contribution in [1.82, 2.24) is 4.90 Å². The summed E-state index contributed by atoms with van der Waals surface area (Å²) in [6.07, 6.45) is 3.25. The summed E-state index contributed by atoms with van der Waals surface area (Å²) >= 11 is 0. The summed E-state index contributed by atoms with van der Waals surface area (Å²) in [7, 11) is 0. The summed E-state index contributed by atoms with van der Waals surface area (Å²) in [6.45, 7) is 10.0. The van der Waals surface area contributed by atoms with E-state index in [9.17, 15) is 9.59 Å². The summed E-state index contributed by atoms with van der Waals surface area (Å²) in [5.41, 5.74) is 3.43. The van der Waals surface area contributed by atoms with Gasteiger partial charge in [-0.05, 0) is 68.4 Å². The van der Waals surface area contributed by atoms with Gasteiger partial charge in [-0.1, -0.05) is 32.0 Å². The molecule has 0 unspecified atom stereocenters. The van der Waals surface area contributed by atoms with Crippen LogP contribution >= 0.6 is 0 Å². The molecule has 1 aliphatic heterocycles. The molecule has 2 aromatic carbocycles. The summed E-state index contributed by atoms with van der Waals surface area (Å²) in [5, 5.41) is 3.06. The van der Waals surface area contributed by atoms with Gasteiger partial charge in [-0.3, -0.25) is 9.59 Å². The van der Waals surface area contributed by atoms with E-state index >= 15 is 0 Å². The van der Waals surface area contributed by atoms with Gasteiger partial charge in [-0.25, -0.2) is 0 Å². The van der Waals surface area contributed by atoms with Gasteiger partial charge in [0.2, 0.25) is 0 Å². The fourth-order valence-corrected chi connectivity index (χ4v) is 3.94. The molecule has 2 amide bonds. The van der Waals surface area contributed by atoms with Crippen LogP contribution < -0.4 is 14.8 Å². The molecule has 32 heavy (non-hydrogen) atoms. The van der Waals surface area contributed by atoms with Crippen LogP contribution in [0, 0.1) is 6.92 Å². The van der Waals surface area contributed by atoms with Crippen LogP contribution in [-0.2, 0) is 4.79 Å². The van der Waals surface area contributed by atoms with Crippen molar-refractivity contribution in [3.05, 3.63) is 53.1 Å². The van der Waals surface area contributed by atoms with E-state index in [1.165, 1.54) is 6.42 Å². The Morgan fingerprint density at radius 1 is 1.03 bits per heavy atom. The molecule has 1 fully saturated rings. The van der Waals surface area contributed by atoms with Crippen molar-refractivity contribution < 1.29 is 19.1 Å². The van der Waals surface area contributed by atoms with Crippen LogP contribution in [0.4, 0.5) is 5.69 Å². The minimum atomic E-state index is -0.210. The number of hydrogen-bond donors (Lipinski definition) is 1. The molecule has 1 aliphatic rings. The summed E-state index contributed by atoms with van der Waals surface area (Å²) in [6, 6.07) is 11.1. The Bertz CT molecular complexity index is 949. The lowest BCUT2D eigenvalue weighted by atomic mass is 9.98. The highest BCUT2D eigenvalue weighted by Gasteiger charge is 2.19. The largest absolute Gasteiger partial charge is 0.490 e. The van der Waals surface area contributed by atoms with Crippen LogP contribution in [0.15, 0.2) is 36.4 Å². The first kappa shape index (κ1) is 23.6. The SMILES string of the molecule is CCOc1cc(C(=O)Nc2c(C)cccc2C(C)C)ccc1OCC(=O)N1CCCCC1. The van der Waals surface area contributed by atoms with Crippen LogP contribution in [-0.4, -0.2) is 43.0 Å². The molecule has 3 rings (SSSR count). The molecule has 0 spiro atoms. The van der Waals surface area contributed by atoms with E-state index in [1.54, 1.807) is 18.2 Å². The van der Waals surface area contributed by atoms with Gasteiger partial charge in [-0.15, -0.1) is 0 Å². The lowest BCUT2D eigenvalue weighted by molar-refractivity contribution is -0.134. The van der Waals surface area contributed by atoms with Crippen molar-refractivity contribution in [3.63, 3.8) is 0 Å². The first-order chi connectivity index (χ1) is 15.4. The quantitative estimate of drug-likeness (QED) is 0.618. The molecule has 0 saturated carbocycles. The number of amides is 2. The van der Waals surface area contributed by atoms with Gasteiger partial charge in [0.15, 0.2) is 18.1 Å². The van der Waals surface area contributed by atoms with Crippen molar-refractivity contribution in [2.24, 2.45) is 0 Å². The van der Waals surface area contributed by atoms with E-state index in [0.29, 0.717) is 23.7 Å². The Kier molecular flexibility index (Phi) is 8.14. The monoisotopic (exact) mass is 438 g/mol. The van der Waals surface area contributed by atoms with Crippen molar-refractivity contribution in [2.45, 2.75) is 52.9 Å². The van der Waals surface area contributed by atoms with Crippen molar-refractivity contribution in [1.29, 1.82) is 0 Å². The highest BCUT2D eigenvalue weighted by molar-refractivity contribution is 6.05. The standard InChI is InChI=1S/C26H34N2O4/c1-5-31-23-16-20(26(30)27-25-19(4)10-9-11-21(25)18(2)3)12-13-22(23)32-17-24(29)28-14-7-6-8-15-28/h9-13,16,18H,5-8,14-15,17H2,1-4H3,(H,27,30). The van der Waals surface area contributed by atoms with E-state index in [0.717, 1.165) is 42.7 Å². The number of hydrogen-bond acceptors (Lipinski definition) is 4. The van der Waals surface area contributed by atoms with E-state index in [1.807, 2.05) is 36.9 Å². The van der Waals surface area contributed by atoms with Crippen molar-refractivity contribution >= 4 is 17.5 Å². The zero-order chi connectivity index (χ0) is 23.1. The number of benzene rings is 2. The molecule has 0 bridgehead atoms. The molecule has 172 valence electrons. The maximum atomic E-state index is 13.0. The fourth-order valence-electron chi connectivity index (χ4n) is 3.94. The van der Waals surface area contributed by atoms with Crippen LogP contribution in [0.1, 0.15) is 67.4 Å². The highest BCUT2D eigenvalue weighted by atomic mass is 16.5. The summed E-state index contributed by atoms with van der Waals surface area (Å²) in [4.78, 5) is 27.3. The third-order valence-electron chi connectivity index (χ3n) is 5.73. The van der Waals surface area contributed by atoms with Crippen LogP contribution in [0.25, 0.3) is 0 Å². The minimum absolute atomic E-state index is 0.0188. The molecule has 1 saturated heterocycles. The second-order valence-electron chi connectivity index (χ2n) is 8.47. The second kappa shape index (κ2) is 11.0. The number of anilines is 1. The molecule has 2 aromatic rings. The van der Waals surface area contributed by atoms with E-state index in [2.05, 4.69) is 19.2 Å². The number of nitrogens with one attached hydrogen (secondary N) is 1. The third kappa shape index (κ3) is 5.81. The topological polar surface area (TPSA) is 67.9 Å². The van der Waals surface area contributed by atoms with Gasteiger partial charge in [-0.2, -0.15) is 0 Å². The number of carbonyl (C=O) groups is 2. The molecule has 0 atom stereocenters. The van der Waals surface area contributed by atoms with Crippen molar-refractivity contribution in [3.8, 4) is 11.5 Å². The number of carbonyl (C=O) groups excluding carboxylic acids is 2. The summed E-state index contributed by atoms with van der Waals surface area (Å²) < 4.78 is 11.5. The zero-order valence-electron chi connectivity index (χ0n) is 19.6. The molecule has 6 nitrogen and oxygen atoms in total. The third-order valence-corrected chi connectivity index (χ3v) is 5.73. The Labute approximate surface area is 190 Å². The van der Waals surface area contributed by atoms with Gasteiger partial charge in [0.25, 0.3) is 11.8 Å². The van der Waals surface area contributed by atoms with Crippen LogP contribution in [0.2, 0.25) is 0 Å². The number of para-hydroxylation sites is 1. The van der Waals surface area contributed by atoms with Gasteiger partial charge in [0, 0.05) is 24.3 Å². The van der Waals surface area contributed by atoms with Gasteiger partial charge >= 0.3 is 0 Å². The van der Waals surface area contributed by atoms with Crippen LogP contribution in [0.5, 0.6) is 11.5 Å². The van der Waals surface area contributed by atoms with Gasteiger partial charge in [0.05, 0.1) is 6.61 Å². The average molecular weight is 439 g/mol. The van der Waals surface area contributed by atoms with Gasteiger partial charge < -0.3 is 19.7 Å². The minimum Gasteiger partial charge on any atom is -0.490 e. The van der Waals surface area contributed by atoms with Crippen LogP contribution in [0.3, 0.4) is 0 Å². The molecular weight excluding hydrogens is 404 g/mol. The number of nitrogens with zero attached hydrogens (tertiary/aromatic N) is 1. The maximum Gasteiger partial charge on any atom is 0.260 e. The predicted octanol–water partition coefficient (Wildman–Crippen LogP) is 5.16. The fraction of sp³-hybridized carbons (Fsp3) is 0.462. The molecule has 0 aromatic heterocycles. The smallest absolute Gasteiger partial charge is 0.260 e. The molecular formula is C26H34N2O4. The molecule has 1 N–H and O–H groups in total. The second-order valence-corrected chi connectivity index (χ2v) is 8.47. The lowest BCUT2D eigenvalue weighted by Gasteiger charge is -2.26. The normalized spacial score (nSPS) is 13.7. The zero-order valence-corrected chi connectivity index (χ0v) is 19.6. The first-order valence-electron chi connectivity index (χ1n) is 11.5. The predicted molar refractivity (Wildman–Crippen MR) is 127 cm³/mol. The maximum absolute atomic E-state index is 13.0. The number of aryl methyl sites for hydroxylation is 1. The Morgan fingerprint density at radius 2 is 1.78 bits per heavy atom. The Morgan fingerprint density at radius 3 is 2.47 bits per heavy atom. The number of likely N-dealkylation sites (tertiary alicyclic amines) is 1. The Hall–Kier alpha value is -3.02. The first-order valence-corrected chi connectivity index (χ1v) is 11.5. The van der Waals surface area contributed by atoms with E-state index < -0.39 is 0 Å². The molecule has 0 radical (unpaired) electrons. The Balaban J connectivity index is 1.74. The highest BCUT2D eigenvalue weighted by Crippen LogP contribution is 2.31. The molecule has 1 heterocycles. The molecule has 0 aliphatic carbocycles.